The van der Waals surface area contributed by atoms with Gasteiger partial charge in [0.1, 0.15) is 0 Å². The van der Waals surface area contributed by atoms with E-state index in [2.05, 4.69) is 158 Å². The van der Waals surface area contributed by atoms with E-state index >= 15 is 0 Å². The molecule has 0 saturated carbocycles. The van der Waals surface area contributed by atoms with Crippen molar-refractivity contribution in [2.45, 2.75) is 119 Å². The third-order valence-corrected chi connectivity index (χ3v) is 8.14. The molecule has 0 bridgehead atoms. The van der Waals surface area contributed by atoms with Crippen LogP contribution < -0.4 is 0 Å². The Bertz CT molecular complexity index is 1510. The quantitative estimate of drug-likeness (QED) is 0.223. The van der Waals surface area contributed by atoms with Crippen LogP contribution in [0.3, 0.4) is 0 Å². The Morgan fingerprint density at radius 1 is 0.442 bits per heavy atom. The highest BCUT2D eigenvalue weighted by molar-refractivity contribution is 6.16. The summed E-state index contributed by atoms with van der Waals surface area (Å²) in [5.74, 6) is 1.59. The van der Waals surface area contributed by atoms with Crippen LogP contribution in [0, 0.1) is 0 Å². The molecule has 0 aliphatic carbocycles. The van der Waals surface area contributed by atoms with Crippen molar-refractivity contribution in [1.82, 2.24) is 0 Å². The molecule has 3 nitrogen and oxygen atoms in total. The summed E-state index contributed by atoms with van der Waals surface area (Å²) in [6, 6.07) is 21.6. The van der Waals surface area contributed by atoms with Crippen molar-refractivity contribution in [2.75, 3.05) is 0 Å². The number of furan rings is 1. The highest BCUT2D eigenvalue weighted by atomic mass is 16.3. The van der Waals surface area contributed by atoms with Gasteiger partial charge in [0.15, 0.2) is 11.5 Å². The van der Waals surface area contributed by atoms with E-state index in [0.717, 1.165) is 45.1 Å². The molecule has 3 heteroatoms. The third-order valence-electron chi connectivity index (χ3n) is 8.14. The van der Waals surface area contributed by atoms with Gasteiger partial charge in [-0.3, -0.25) is 0 Å². The van der Waals surface area contributed by atoms with Crippen LogP contribution in [0.5, 0.6) is 0 Å². The molecule has 228 valence electrons. The molecule has 4 aromatic rings. The summed E-state index contributed by atoms with van der Waals surface area (Å²) in [4.78, 5) is 10.7. The maximum atomic E-state index is 6.77. The molecular formula is C40H52N2O. The van der Waals surface area contributed by atoms with Gasteiger partial charge in [-0.2, -0.15) is 0 Å². The van der Waals surface area contributed by atoms with Gasteiger partial charge in [-0.15, -0.1) is 0 Å². The van der Waals surface area contributed by atoms with E-state index in [1.165, 1.54) is 22.3 Å². The van der Waals surface area contributed by atoms with Crippen LogP contribution in [0.15, 0.2) is 75.1 Å². The Labute approximate surface area is 260 Å². The SMILES string of the molecule is CC(=Nc1c(C(C)(C)C)cccc1C(C)(C)C)c1oc(C(C)=Nc2c(C(C)(C)C)cccc2C(C)(C)C)c2ccccc12. The standard InChI is InChI=1S/C40H52N2O/c1-25(41-33-29(37(3,4)5)21-17-22-30(33)38(6,7)8)35-27-19-15-16-20-28(27)36(43-35)26(2)42-34-31(39(9,10)11)23-18-24-32(34)40(12,13)14/h15-24H,1-14H3. The van der Waals surface area contributed by atoms with Crippen molar-refractivity contribution in [3.8, 4) is 0 Å². The zero-order chi connectivity index (χ0) is 32.1. The number of nitrogens with zero attached hydrogens (tertiary/aromatic N) is 2. The van der Waals surface area contributed by atoms with Crippen LogP contribution in [0.1, 0.15) is 131 Å². The molecule has 3 aromatic carbocycles. The van der Waals surface area contributed by atoms with Crippen molar-refractivity contribution in [2.24, 2.45) is 9.98 Å². The zero-order valence-corrected chi connectivity index (χ0v) is 29.1. The monoisotopic (exact) mass is 576 g/mol. The van der Waals surface area contributed by atoms with Crippen molar-refractivity contribution < 1.29 is 4.42 Å². The highest BCUT2D eigenvalue weighted by Crippen LogP contribution is 2.42. The first-order valence-corrected chi connectivity index (χ1v) is 15.6. The summed E-state index contributed by atoms with van der Waals surface area (Å²) in [5.41, 5.74) is 8.56. The number of benzene rings is 3. The Kier molecular flexibility index (Phi) is 8.48. The van der Waals surface area contributed by atoms with Gasteiger partial charge in [0.25, 0.3) is 0 Å². The average molecular weight is 577 g/mol. The molecule has 0 aliphatic heterocycles. The first-order valence-electron chi connectivity index (χ1n) is 15.6. The summed E-state index contributed by atoms with van der Waals surface area (Å²) < 4.78 is 6.77. The van der Waals surface area contributed by atoms with E-state index in [0.29, 0.717) is 0 Å². The first-order chi connectivity index (χ1) is 19.7. The van der Waals surface area contributed by atoms with Crippen LogP contribution in [0.25, 0.3) is 10.8 Å². The maximum Gasteiger partial charge on any atom is 0.156 e. The van der Waals surface area contributed by atoms with Gasteiger partial charge in [0, 0.05) is 10.8 Å². The second-order valence-corrected chi connectivity index (χ2v) is 16.1. The third kappa shape index (κ3) is 6.71. The van der Waals surface area contributed by atoms with Crippen molar-refractivity contribution in [3.63, 3.8) is 0 Å². The van der Waals surface area contributed by atoms with Crippen LogP contribution >= 0.6 is 0 Å². The second-order valence-electron chi connectivity index (χ2n) is 16.1. The number of hydrogen-bond acceptors (Lipinski definition) is 3. The molecule has 1 aromatic heterocycles. The number of para-hydroxylation sites is 2. The lowest BCUT2D eigenvalue weighted by Gasteiger charge is -2.28. The fourth-order valence-electron chi connectivity index (χ4n) is 5.81. The van der Waals surface area contributed by atoms with Gasteiger partial charge >= 0.3 is 0 Å². The van der Waals surface area contributed by atoms with Crippen LogP contribution in [-0.4, -0.2) is 11.4 Å². The fraction of sp³-hybridized carbons (Fsp3) is 0.450. The van der Waals surface area contributed by atoms with Gasteiger partial charge < -0.3 is 4.42 Å². The maximum absolute atomic E-state index is 6.77. The molecule has 43 heavy (non-hydrogen) atoms. The molecule has 0 aliphatic rings. The Morgan fingerprint density at radius 3 is 0.977 bits per heavy atom. The number of fused-ring (bicyclic) bond motifs is 1. The molecule has 1 heterocycles. The molecular weight excluding hydrogens is 524 g/mol. The van der Waals surface area contributed by atoms with Gasteiger partial charge in [-0.05, 0) is 57.8 Å². The largest absolute Gasteiger partial charge is 0.452 e. The minimum atomic E-state index is -0.0504. The van der Waals surface area contributed by atoms with E-state index in [4.69, 9.17) is 14.4 Å². The van der Waals surface area contributed by atoms with Gasteiger partial charge in [0.2, 0.25) is 0 Å². The topological polar surface area (TPSA) is 37.9 Å². The lowest BCUT2D eigenvalue weighted by Crippen LogP contribution is -2.17. The molecule has 0 N–H and O–H groups in total. The van der Waals surface area contributed by atoms with Crippen LogP contribution in [0.4, 0.5) is 11.4 Å². The van der Waals surface area contributed by atoms with E-state index in [1.54, 1.807) is 0 Å². The Hall–Kier alpha value is -3.46. The predicted molar refractivity (Wildman–Crippen MR) is 188 cm³/mol. The Morgan fingerprint density at radius 2 is 0.721 bits per heavy atom. The highest BCUT2D eigenvalue weighted by Gasteiger charge is 2.28. The van der Waals surface area contributed by atoms with Crippen molar-refractivity contribution >= 4 is 33.6 Å². The first kappa shape index (κ1) is 32.5. The molecule has 0 saturated heterocycles. The van der Waals surface area contributed by atoms with Crippen molar-refractivity contribution in [1.29, 1.82) is 0 Å². The molecule has 0 spiro atoms. The van der Waals surface area contributed by atoms with Gasteiger partial charge in [-0.1, -0.05) is 144 Å². The molecule has 0 atom stereocenters. The molecule has 0 unspecified atom stereocenters. The zero-order valence-electron chi connectivity index (χ0n) is 29.1. The summed E-state index contributed by atoms with van der Waals surface area (Å²) >= 11 is 0. The van der Waals surface area contributed by atoms with Gasteiger partial charge in [0.05, 0.1) is 22.8 Å². The molecule has 0 amide bonds. The smallest absolute Gasteiger partial charge is 0.156 e. The van der Waals surface area contributed by atoms with E-state index in [-0.39, 0.29) is 21.7 Å². The number of aliphatic imine (C=N–C) groups is 2. The summed E-state index contributed by atoms with van der Waals surface area (Å²) in [6.07, 6.45) is 0. The average Bonchev–Trinajstić information content (AvgIpc) is 3.26. The van der Waals surface area contributed by atoms with Crippen LogP contribution in [0.2, 0.25) is 0 Å². The second kappa shape index (κ2) is 11.2. The van der Waals surface area contributed by atoms with E-state index in [9.17, 15) is 0 Å². The normalized spacial score (nSPS) is 14.1. The number of hydrogen-bond donors (Lipinski definition) is 0. The lowest BCUT2D eigenvalue weighted by molar-refractivity contribution is 0.551. The molecule has 0 radical (unpaired) electrons. The minimum Gasteiger partial charge on any atom is -0.452 e. The summed E-state index contributed by atoms with van der Waals surface area (Å²) in [6.45, 7) is 31.2. The summed E-state index contributed by atoms with van der Waals surface area (Å²) in [7, 11) is 0. The van der Waals surface area contributed by atoms with Crippen LogP contribution in [-0.2, 0) is 21.7 Å². The van der Waals surface area contributed by atoms with Crippen molar-refractivity contribution in [3.05, 3.63) is 94.4 Å². The Balaban J connectivity index is 1.97. The minimum absolute atomic E-state index is 0.0504. The van der Waals surface area contributed by atoms with Gasteiger partial charge in [-0.25, -0.2) is 9.98 Å². The lowest BCUT2D eigenvalue weighted by atomic mass is 9.79. The summed E-state index contributed by atoms with van der Waals surface area (Å²) in [5, 5.41) is 2.11. The molecule has 4 rings (SSSR count). The van der Waals surface area contributed by atoms with E-state index < -0.39 is 0 Å². The number of rotatable bonds is 4. The van der Waals surface area contributed by atoms with E-state index in [1.807, 2.05) is 0 Å². The molecule has 0 fully saturated rings. The fourth-order valence-corrected chi connectivity index (χ4v) is 5.81. The predicted octanol–water partition coefficient (Wildman–Crippen LogP) is 11.9.